The largest absolute Gasteiger partial charge is 0.497 e. The van der Waals surface area contributed by atoms with E-state index in [1.54, 1.807) is 27.2 Å². The van der Waals surface area contributed by atoms with Gasteiger partial charge in [-0.2, -0.15) is 0 Å². The Morgan fingerprint density at radius 2 is 1.71 bits per heavy atom. The number of hydrogen-bond donors (Lipinski definition) is 1. The predicted molar refractivity (Wildman–Crippen MR) is 77.5 cm³/mol. The zero-order valence-electron chi connectivity index (χ0n) is 12.6. The van der Waals surface area contributed by atoms with Crippen LogP contribution in [0, 0.1) is 0 Å². The number of amides is 1. The summed E-state index contributed by atoms with van der Waals surface area (Å²) in [5.74, 6) is 0.533. The lowest BCUT2D eigenvalue weighted by molar-refractivity contribution is -0.145. The summed E-state index contributed by atoms with van der Waals surface area (Å²) in [6.07, 6.45) is 0.359. The van der Waals surface area contributed by atoms with E-state index in [1.807, 2.05) is 12.1 Å². The molecule has 0 radical (unpaired) electrons. The molecule has 0 spiro atoms. The van der Waals surface area contributed by atoms with Gasteiger partial charge in [-0.1, -0.05) is 0 Å². The van der Waals surface area contributed by atoms with Gasteiger partial charge in [0.15, 0.2) is 0 Å². The first kappa shape index (κ1) is 16.8. The predicted octanol–water partition coefficient (Wildman–Crippen LogP) is 1.32. The van der Waals surface area contributed by atoms with E-state index in [4.69, 9.17) is 14.2 Å². The Morgan fingerprint density at radius 1 is 1.10 bits per heavy atom. The molecule has 116 valence electrons. The van der Waals surface area contributed by atoms with E-state index in [2.05, 4.69) is 5.32 Å². The zero-order valence-corrected chi connectivity index (χ0v) is 12.6. The van der Waals surface area contributed by atoms with E-state index in [0.29, 0.717) is 24.5 Å². The Hall–Kier alpha value is -2.24. The van der Waals surface area contributed by atoms with Crippen molar-refractivity contribution in [1.82, 2.24) is 5.32 Å². The van der Waals surface area contributed by atoms with Crippen molar-refractivity contribution >= 4 is 11.9 Å². The number of carbonyl (C=O) groups excluding carboxylic acids is 2. The summed E-state index contributed by atoms with van der Waals surface area (Å²) >= 11 is 0. The summed E-state index contributed by atoms with van der Waals surface area (Å²) in [7, 11) is 3.17. The zero-order chi connectivity index (χ0) is 15.7. The van der Waals surface area contributed by atoms with Crippen LogP contribution in [0.2, 0.25) is 0 Å². The lowest BCUT2D eigenvalue weighted by Gasteiger charge is -2.09. The van der Waals surface area contributed by atoms with Crippen molar-refractivity contribution in [1.29, 1.82) is 0 Å². The molecule has 1 aromatic carbocycles. The molecule has 0 atom stereocenters. The average molecular weight is 295 g/mol. The molecule has 0 bridgehead atoms. The van der Waals surface area contributed by atoms with Crippen molar-refractivity contribution in [2.75, 3.05) is 27.4 Å². The highest BCUT2D eigenvalue weighted by Gasteiger charge is 2.09. The molecule has 6 nitrogen and oxygen atoms in total. The molecule has 21 heavy (non-hydrogen) atoms. The lowest BCUT2D eigenvalue weighted by atomic mass is 10.1. The first-order valence-corrected chi connectivity index (χ1v) is 6.73. The van der Waals surface area contributed by atoms with Gasteiger partial charge in [-0.15, -0.1) is 0 Å². The second-order valence-corrected chi connectivity index (χ2v) is 4.30. The minimum atomic E-state index is -0.516. The van der Waals surface area contributed by atoms with Gasteiger partial charge in [0.25, 0.3) is 0 Å². The average Bonchev–Trinajstić information content (AvgIpc) is 2.46. The second kappa shape index (κ2) is 8.84. The van der Waals surface area contributed by atoms with Gasteiger partial charge in [-0.25, -0.2) is 0 Å². The minimum Gasteiger partial charge on any atom is -0.497 e. The molecule has 1 aromatic rings. The molecule has 0 aliphatic heterocycles. The molecule has 0 aliphatic carbocycles. The molecule has 0 unspecified atom stereocenters. The maximum Gasteiger partial charge on any atom is 0.315 e. The molecule has 0 saturated carbocycles. The Bertz CT molecular complexity index is 465. The fourth-order valence-electron chi connectivity index (χ4n) is 1.76. The molecule has 1 amide bonds. The summed E-state index contributed by atoms with van der Waals surface area (Å²) in [6.45, 7) is 2.40. The number of hydrogen-bond acceptors (Lipinski definition) is 5. The molecule has 0 aromatic heterocycles. The van der Waals surface area contributed by atoms with Gasteiger partial charge < -0.3 is 19.5 Å². The smallest absolute Gasteiger partial charge is 0.315 e. The third-order valence-electron chi connectivity index (χ3n) is 2.76. The van der Waals surface area contributed by atoms with Crippen molar-refractivity contribution in [2.45, 2.75) is 19.8 Å². The molecule has 1 N–H and O–H groups in total. The summed E-state index contributed by atoms with van der Waals surface area (Å²) in [5, 5.41) is 2.67. The fraction of sp³-hybridized carbons (Fsp3) is 0.467. The third-order valence-corrected chi connectivity index (χ3v) is 2.76. The van der Waals surface area contributed by atoms with E-state index in [0.717, 1.165) is 5.56 Å². The van der Waals surface area contributed by atoms with Crippen molar-refractivity contribution < 1.29 is 23.8 Å². The fourth-order valence-corrected chi connectivity index (χ4v) is 1.76. The van der Waals surface area contributed by atoms with Gasteiger partial charge in [0.2, 0.25) is 5.91 Å². The van der Waals surface area contributed by atoms with Crippen LogP contribution >= 0.6 is 0 Å². The number of methoxy groups -OCH3 is 2. The molecule has 0 fully saturated rings. The van der Waals surface area contributed by atoms with E-state index in [-0.39, 0.29) is 18.9 Å². The third kappa shape index (κ3) is 6.16. The normalized spacial score (nSPS) is 9.86. The molecule has 0 aliphatic rings. The quantitative estimate of drug-likeness (QED) is 0.578. The standard InChI is InChI=1S/C15H21NO5/c1-4-21-15(18)10-14(17)16-6-5-11-7-12(19-2)9-13(8-11)20-3/h7-9H,4-6,10H2,1-3H3,(H,16,17). The van der Waals surface area contributed by atoms with Crippen molar-refractivity contribution in [3.63, 3.8) is 0 Å². The SMILES string of the molecule is CCOC(=O)CC(=O)NCCc1cc(OC)cc(OC)c1. The highest BCUT2D eigenvalue weighted by molar-refractivity contribution is 5.94. The van der Waals surface area contributed by atoms with Crippen LogP contribution in [0.15, 0.2) is 18.2 Å². The van der Waals surface area contributed by atoms with Crippen molar-refractivity contribution in [3.05, 3.63) is 23.8 Å². The number of ether oxygens (including phenoxy) is 3. The maximum absolute atomic E-state index is 11.5. The van der Waals surface area contributed by atoms with Gasteiger partial charge in [0.1, 0.15) is 17.9 Å². The van der Waals surface area contributed by atoms with Crippen LogP contribution in [0.4, 0.5) is 0 Å². The maximum atomic E-state index is 11.5. The van der Waals surface area contributed by atoms with Gasteiger partial charge in [-0.3, -0.25) is 9.59 Å². The number of esters is 1. The van der Waals surface area contributed by atoms with Crippen LogP contribution in [0.1, 0.15) is 18.9 Å². The van der Waals surface area contributed by atoms with Crippen molar-refractivity contribution in [2.24, 2.45) is 0 Å². The first-order chi connectivity index (χ1) is 10.1. The highest BCUT2D eigenvalue weighted by atomic mass is 16.5. The molecular formula is C15H21NO5. The molecule has 0 heterocycles. The van der Waals surface area contributed by atoms with Gasteiger partial charge in [0, 0.05) is 12.6 Å². The Balaban J connectivity index is 2.45. The van der Waals surface area contributed by atoms with Crippen LogP contribution in [0.25, 0.3) is 0 Å². The second-order valence-electron chi connectivity index (χ2n) is 4.30. The van der Waals surface area contributed by atoms with Gasteiger partial charge >= 0.3 is 5.97 Å². The summed E-state index contributed by atoms with van der Waals surface area (Å²) in [5.41, 5.74) is 0.975. The number of nitrogens with one attached hydrogen (secondary N) is 1. The summed E-state index contributed by atoms with van der Waals surface area (Å²) in [4.78, 5) is 22.6. The number of rotatable bonds is 8. The molecule has 6 heteroatoms. The summed E-state index contributed by atoms with van der Waals surface area (Å²) < 4.78 is 15.1. The summed E-state index contributed by atoms with van der Waals surface area (Å²) in [6, 6.07) is 5.53. The van der Waals surface area contributed by atoms with Crippen LogP contribution < -0.4 is 14.8 Å². The van der Waals surface area contributed by atoms with Crippen molar-refractivity contribution in [3.8, 4) is 11.5 Å². The Kier molecular flexibility index (Phi) is 7.08. The highest BCUT2D eigenvalue weighted by Crippen LogP contribution is 2.22. The number of benzene rings is 1. The minimum absolute atomic E-state index is 0.255. The van der Waals surface area contributed by atoms with Crippen LogP contribution in [0.5, 0.6) is 11.5 Å². The van der Waals surface area contributed by atoms with E-state index in [9.17, 15) is 9.59 Å². The van der Waals surface area contributed by atoms with Crippen LogP contribution in [-0.4, -0.2) is 39.2 Å². The first-order valence-electron chi connectivity index (χ1n) is 6.73. The van der Waals surface area contributed by atoms with Crippen LogP contribution in [0.3, 0.4) is 0 Å². The number of carbonyl (C=O) groups is 2. The molecule has 1 rings (SSSR count). The Labute approximate surface area is 124 Å². The van der Waals surface area contributed by atoms with E-state index in [1.165, 1.54) is 0 Å². The van der Waals surface area contributed by atoms with Gasteiger partial charge in [-0.05, 0) is 31.0 Å². The topological polar surface area (TPSA) is 73.9 Å². The van der Waals surface area contributed by atoms with E-state index < -0.39 is 5.97 Å². The monoisotopic (exact) mass is 295 g/mol. The van der Waals surface area contributed by atoms with Gasteiger partial charge in [0.05, 0.1) is 20.8 Å². The van der Waals surface area contributed by atoms with Crippen LogP contribution in [-0.2, 0) is 20.7 Å². The Morgan fingerprint density at radius 3 is 2.24 bits per heavy atom. The molecular weight excluding hydrogens is 274 g/mol. The lowest BCUT2D eigenvalue weighted by Crippen LogP contribution is -2.28. The molecule has 0 saturated heterocycles. The van der Waals surface area contributed by atoms with E-state index >= 15 is 0 Å².